The number of carbonyl (C=O) groups excluding carboxylic acids is 2. The number of amides is 2. The Morgan fingerprint density at radius 3 is 2.53 bits per heavy atom. The quantitative estimate of drug-likeness (QED) is 0.600. The van der Waals surface area contributed by atoms with Gasteiger partial charge in [-0.15, -0.1) is 0 Å². The lowest BCUT2D eigenvalue weighted by Crippen LogP contribution is -2.38. The Hall–Kier alpha value is -3.41. The van der Waals surface area contributed by atoms with Crippen molar-refractivity contribution >= 4 is 11.8 Å². The largest absolute Gasteiger partial charge is 0.341 e. The van der Waals surface area contributed by atoms with Gasteiger partial charge in [-0.25, -0.2) is 0 Å². The van der Waals surface area contributed by atoms with E-state index in [0.29, 0.717) is 38.3 Å². The van der Waals surface area contributed by atoms with Gasteiger partial charge in [0.2, 0.25) is 5.91 Å². The normalized spacial score (nSPS) is 16.8. The number of benzene rings is 2. The lowest BCUT2D eigenvalue weighted by Gasteiger charge is -2.24. The van der Waals surface area contributed by atoms with Crippen LogP contribution in [0.1, 0.15) is 29.4 Å². The minimum Gasteiger partial charge on any atom is -0.341 e. The van der Waals surface area contributed by atoms with Crippen molar-refractivity contribution in [2.75, 3.05) is 26.2 Å². The Balaban J connectivity index is 1.59. The Bertz CT molecular complexity index is 1080. The van der Waals surface area contributed by atoms with Gasteiger partial charge in [0.1, 0.15) is 5.69 Å². The van der Waals surface area contributed by atoms with E-state index in [2.05, 4.69) is 42.4 Å². The molecule has 4 rings (SSSR count). The van der Waals surface area contributed by atoms with E-state index in [0.717, 1.165) is 23.1 Å². The highest BCUT2D eigenvalue weighted by Gasteiger charge is 2.33. The topological polar surface area (TPSA) is 58.4 Å². The van der Waals surface area contributed by atoms with Crippen molar-refractivity contribution in [2.45, 2.75) is 19.8 Å². The van der Waals surface area contributed by atoms with Gasteiger partial charge in [-0.2, -0.15) is 5.10 Å². The van der Waals surface area contributed by atoms with Gasteiger partial charge in [0, 0.05) is 39.4 Å². The zero-order valence-corrected chi connectivity index (χ0v) is 18.8. The van der Waals surface area contributed by atoms with Crippen LogP contribution in [0.4, 0.5) is 0 Å². The third-order valence-corrected chi connectivity index (χ3v) is 6.08. The van der Waals surface area contributed by atoms with Gasteiger partial charge in [-0.3, -0.25) is 14.3 Å². The summed E-state index contributed by atoms with van der Waals surface area (Å²) in [5.41, 5.74) is 3.95. The van der Waals surface area contributed by atoms with E-state index in [1.165, 1.54) is 0 Å². The SMILES string of the molecule is CCCN1CCN(C(=O)c2ccnn2C)C[C@H](Cc2cccc(-c3ccccc3)c2)C1=O. The molecule has 0 N–H and O–H groups in total. The van der Waals surface area contributed by atoms with Gasteiger partial charge in [0.15, 0.2) is 0 Å². The smallest absolute Gasteiger partial charge is 0.272 e. The number of rotatable bonds is 6. The lowest BCUT2D eigenvalue weighted by atomic mass is 9.94. The van der Waals surface area contributed by atoms with Crippen LogP contribution in [0.2, 0.25) is 0 Å². The molecular weight excluding hydrogens is 400 g/mol. The second kappa shape index (κ2) is 9.81. The Morgan fingerprint density at radius 2 is 1.81 bits per heavy atom. The molecule has 2 amide bonds. The predicted octanol–water partition coefficient (Wildman–Crippen LogP) is 3.64. The van der Waals surface area contributed by atoms with Crippen molar-refractivity contribution in [1.82, 2.24) is 19.6 Å². The summed E-state index contributed by atoms with van der Waals surface area (Å²) in [4.78, 5) is 30.3. The highest BCUT2D eigenvalue weighted by Crippen LogP contribution is 2.24. The molecule has 3 aromatic rings. The molecule has 6 heteroatoms. The number of hydrogen-bond donors (Lipinski definition) is 0. The van der Waals surface area contributed by atoms with E-state index in [1.54, 1.807) is 24.0 Å². The van der Waals surface area contributed by atoms with Gasteiger partial charge in [-0.05, 0) is 35.6 Å². The molecule has 6 nitrogen and oxygen atoms in total. The minimum absolute atomic E-state index is 0.0702. The van der Waals surface area contributed by atoms with E-state index < -0.39 is 0 Å². The first kappa shape index (κ1) is 21.8. The maximum Gasteiger partial charge on any atom is 0.272 e. The van der Waals surface area contributed by atoms with E-state index >= 15 is 0 Å². The van der Waals surface area contributed by atoms with Crippen LogP contribution in [0, 0.1) is 5.92 Å². The number of carbonyl (C=O) groups is 2. The summed E-state index contributed by atoms with van der Waals surface area (Å²) in [6.45, 7) is 4.31. The highest BCUT2D eigenvalue weighted by atomic mass is 16.2. The van der Waals surface area contributed by atoms with Gasteiger partial charge in [0.25, 0.3) is 5.91 Å². The summed E-state index contributed by atoms with van der Waals surface area (Å²) in [5, 5.41) is 4.13. The molecule has 1 aliphatic rings. The first-order valence-electron chi connectivity index (χ1n) is 11.3. The summed E-state index contributed by atoms with van der Waals surface area (Å²) in [7, 11) is 1.77. The maximum atomic E-state index is 13.4. The molecule has 1 atom stereocenters. The zero-order valence-electron chi connectivity index (χ0n) is 18.8. The zero-order chi connectivity index (χ0) is 22.5. The van der Waals surface area contributed by atoms with Crippen LogP contribution in [0.25, 0.3) is 11.1 Å². The molecule has 0 unspecified atom stereocenters. The molecule has 0 spiro atoms. The Labute approximate surface area is 189 Å². The molecule has 0 saturated carbocycles. The minimum atomic E-state index is -0.271. The third-order valence-electron chi connectivity index (χ3n) is 6.08. The van der Waals surface area contributed by atoms with E-state index in [1.807, 2.05) is 34.1 Å². The molecule has 0 radical (unpaired) electrons. The van der Waals surface area contributed by atoms with Crippen molar-refractivity contribution in [2.24, 2.45) is 13.0 Å². The van der Waals surface area contributed by atoms with Gasteiger partial charge in [-0.1, -0.05) is 61.5 Å². The fourth-order valence-corrected chi connectivity index (χ4v) is 4.41. The molecule has 2 aromatic carbocycles. The number of nitrogens with zero attached hydrogens (tertiary/aromatic N) is 4. The Morgan fingerprint density at radius 1 is 1.03 bits per heavy atom. The molecule has 1 fully saturated rings. The van der Waals surface area contributed by atoms with Gasteiger partial charge < -0.3 is 9.80 Å². The molecular formula is C26H30N4O2. The van der Waals surface area contributed by atoms with Crippen LogP contribution in [0.15, 0.2) is 66.9 Å². The van der Waals surface area contributed by atoms with Crippen molar-refractivity contribution in [3.05, 3.63) is 78.1 Å². The molecule has 2 heterocycles. The lowest BCUT2D eigenvalue weighted by molar-refractivity contribution is -0.134. The molecule has 166 valence electrons. The first-order valence-corrected chi connectivity index (χ1v) is 11.3. The van der Waals surface area contributed by atoms with E-state index in [9.17, 15) is 9.59 Å². The number of aromatic nitrogens is 2. The summed E-state index contributed by atoms with van der Waals surface area (Å²) < 4.78 is 1.59. The van der Waals surface area contributed by atoms with Crippen LogP contribution in [0.5, 0.6) is 0 Å². The van der Waals surface area contributed by atoms with Crippen LogP contribution in [-0.2, 0) is 18.3 Å². The summed E-state index contributed by atoms with van der Waals surface area (Å²) in [6, 6.07) is 20.3. The molecule has 32 heavy (non-hydrogen) atoms. The summed E-state index contributed by atoms with van der Waals surface area (Å²) in [6.07, 6.45) is 3.14. The van der Waals surface area contributed by atoms with Gasteiger partial charge in [0.05, 0.1) is 5.92 Å². The molecule has 1 saturated heterocycles. The fourth-order valence-electron chi connectivity index (χ4n) is 4.41. The van der Waals surface area contributed by atoms with Crippen LogP contribution >= 0.6 is 0 Å². The Kier molecular flexibility index (Phi) is 6.69. The predicted molar refractivity (Wildman–Crippen MR) is 125 cm³/mol. The van der Waals surface area contributed by atoms with E-state index in [-0.39, 0.29) is 17.7 Å². The molecule has 0 aliphatic carbocycles. The molecule has 1 aliphatic heterocycles. The second-order valence-electron chi connectivity index (χ2n) is 8.38. The second-order valence-corrected chi connectivity index (χ2v) is 8.38. The van der Waals surface area contributed by atoms with E-state index in [4.69, 9.17) is 0 Å². The van der Waals surface area contributed by atoms with Crippen molar-refractivity contribution in [1.29, 1.82) is 0 Å². The van der Waals surface area contributed by atoms with Crippen LogP contribution in [0.3, 0.4) is 0 Å². The summed E-state index contributed by atoms with van der Waals surface area (Å²) >= 11 is 0. The number of hydrogen-bond acceptors (Lipinski definition) is 3. The van der Waals surface area contributed by atoms with Gasteiger partial charge >= 0.3 is 0 Å². The van der Waals surface area contributed by atoms with Crippen LogP contribution < -0.4 is 0 Å². The average Bonchev–Trinajstić information content (AvgIpc) is 3.19. The van der Waals surface area contributed by atoms with Crippen molar-refractivity contribution < 1.29 is 9.59 Å². The fraction of sp³-hybridized carbons (Fsp3) is 0.346. The highest BCUT2D eigenvalue weighted by molar-refractivity contribution is 5.93. The molecule has 1 aromatic heterocycles. The average molecular weight is 431 g/mol. The standard InChI is InChI=1S/C26H30N4O2/c1-3-14-29-15-16-30(26(32)24-12-13-27-28(24)2)19-23(25(29)31)18-20-8-7-11-22(17-20)21-9-5-4-6-10-21/h4-13,17,23H,3,14-16,18-19H2,1-2H3/t23-/m0/s1. The maximum absolute atomic E-state index is 13.4. The van der Waals surface area contributed by atoms with Crippen LogP contribution in [-0.4, -0.2) is 57.6 Å². The van der Waals surface area contributed by atoms with Crippen molar-refractivity contribution in [3.8, 4) is 11.1 Å². The van der Waals surface area contributed by atoms with Crippen molar-refractivity contribution in [3.63, 3.8) is 0 Å². The first-order chi connectivity index (χ1) is 15.6. The third kappa shape index (κ3) is 4.74. The summed E-state index contributed by atoms with van der Waals surface area (Å²) in [5.74, 6) is -0.205. The molecule has 0 bridgehead atoms. The monoisotopic (exact) mass is 430 g/mol. The number of aryl methyl sites for hydroxylation is 1.